The molecule has 0 amide bonds. The largest absolute Gasteiger partial charge is 0.472 e. The zero-order chi connectivity index (χ0) is 72.9. The van der Waals surface area contributed by atoms with Crippen LogP contribution in [0.4, 0.5) is 0 Å². The number of esters is 2. The smallest absolute Gasteiger partial charge is 0.462 e. The van der Waals surface area contributed by atoms with Gasteiger partial charge >= 0.3 is 19.8 Å². The van der Waals surface area contributed by atoms with Crippen LogP contribution < -0.4 is 5.73 Å². The molecular weight excluding hydrogens is 1270 g/mol. The van der Waals surface area contributed by atoms with Crippen molar-refractivity contribution in [2.24, 2.45) is 5.73 Å². The first-order valence-electron chi connectivity index (χ1n) is 43.4. The van der Waals surface area contributed by atoms with Crippen molar-refractivity contribution in [2.75, 3.05) is 26.4 Å². The number of nitrogens with two attached hydrogens (primary N) is 1. The molecule has 101 heavy (non-hydrogen) atoms. The number of unbranched alkanes of at least 4 members (excludes halogenated alkanes) is 51. The van der Waals surface area contributed by atoms with Crippen LogP contribution in [0.15, 0.2) is 109 Å². The Bertz CT molecular complexity index is 2040. The molecule has 0 aliphatic rings. The van der Waals surface area contributed by atoms with Gasteiger partial charge in [0.2, 0.25) is 0 Å². The van der Waals surface area contributed by atoms with Crippen LogP contribution in [0.2, 0.25) is 0 Å². The SMILES string of the molecule is CC/C=C\C/C=C\C/C=C\C/C=C\C/C=C\CCCCCCCCCCCCCCCCCCCCCCCCCC(=O)OC(COC(=O)CCCCCCCCCCCCCCCCCCCCCCCCCCCCCC/C=C\C/C=C\C/C=C\C/C=C\CC)COP(=O)(O)OCCN. The van der Waals surface area contributed by atoms with Crippen molar-refractivity contribution in [1.82, 2.24) is 0 Å². The zero-order valence-corrected chi connectivity index (χ0v) is 67.3. The normalized spacial score (nSPS) is 13.3. The number of hydrogen-bond acceptors (Lipinski definition) is 8. The van der Waals surface area contributed by atoms with Gasteiger partial charge in [0.1, 0.15) is 6.61 Å². The second-order valence-corrected chi connectivity index (χ2v) is 30.5. The Hall–Kier alpha value is -3.33. The quantitative estimate of drug-likeness (QED) is 0.0264. The van der Waals surface area contributed by atoms with Gasteiger partial charge < -0.3 is 20.1 Å². The molecule has 0 aromatic heterocycles. The maximum atomic E-state index is 12.8. The van der Waals surface area contributed by atoms with Crippen molar-refractivity contribution in [2.45, 2.75) is 431 Å². The van der Waals surface area contributed by atoms with E-state index in [-0.39, 0.29) is 38.6 Å². The topological polar surface area (TPSA) is 134 Å². The Morgan fingerprint density at radius 3 is 0.762 bits per heavy atom. The van der Waals surface area contributed by atoms with E-state index in [1.807, 2.05) is 0 Å². The van der Waals surface area contributed by atoms with E-state index in [0.717, 1.165) is 89.9 Å². The number of carbonyl (C=O) groups is 2. The van der Waals surface area contributed by atoms with E-state index in [1.54, 1.807) is 0 Å². The summed E-state index contributed by atoms with van der Waals surface area (Å²) < 4.78 is 33.3. The number of allylic oxidation sites excluding steroid dienone is 18. The van der Waals surface area contributed by atoms with E-state index in [1.165, 1.54) is 302 Å². The molecule has 0 saturated heterocycles. The van der Waals surface area contributed by atoms with Crippen LogP contribution >= 0.6 is 7.82 Å². The van der Waals surface area contributed by atoms with Gasteiger partial charge in [0.15, 0.2) is 6.10 Å². The Balaban J connectivity index is 3.72. The molecule has 0 spiro atoms. The van der Waals surface area contributed by atoms with Crippen molar-refractivity contribution in [1.29, 1.82) is 0 Å². The van der Waals surface area contributed by atoms with E-state index < -0.39 is 26.5 Å². The molecule has 0 aliphatic carbocycles. The molecule has 9 nitrogen and oxygen atoms in total. The van der Waals surface area contributed by atoms with Crippen LogP contribution in [0.25, 0.3) is 0 Å². The average molecular weight is 1430 g/mol. The van der Waals surface area contributed by atoms with E-state index in [9.17, 15) is 19.0 Å². The standard InChI is InChI=1S/C91H164NO8P/c1-3-5-7-9-11-13-15-17-19-21-23-25-27-29-31-33-35-37-39-41-43-44-46-47-49-51-53-55-57-59-61-63-65-67-69-71-73-75-77-79-81-83-90(93)97-87-89(88-99-101(95,96)98-86-85-92)100-91(94)84-82-80-78-76-74-72-70-68-66-64-62-60-58-56-54-52-50-48-45-42-40-38-36-34-32-30-28-26-24-22-20-18-16-14-12-10-8-6-4-2/h5-8,11-14,17-20,23-26,30,32,89H,3-4,9-10,15-16,21-22,27-29,31,33-88,92H2,1-2H3,(H,95,96)/b7-5-,8-6-,13-11-,14-12-,19-17-,20-18-,25-23-,26-24-,32-30-. The summed E-state index contributed by atoms with van der Waals surface area (Å²) in [4.78, 5) is 35.5. The predicted molar refractivity (Wildman–Crippen MR) is 441 cm³/mol. The molecule has 2 unspecified atom stereocenters. The zero-order valence-electron chi connectivity index (χ0n) is 66.4. The van der Waals surface area contributed by atoms with E-state index in [2.05, 4.69) is 123 Å². The van der Waals surface area contributed by atoms with Crippen LogP contribution in [0.5, 0.6) is 0 Å². The fraction of sp³-hybridized carbons (Fsp3) is 0.780. The van der Waals surface area contributed by atoms with Gasteiger partial charge in [-0.2, -0.15) is 0 Å². The first-order valence-corrected chi connectivity index (χ1v) is 44.9. The predicted octanol–water partition coefficient (Wildman–Crippen LogP) is 29.5. The van der Waals surface area contributed by atoms with Gasteiger partial charge in [0.25, 0.3) is 0 Å². The fourth-order valence-corrected chi connectivity index (χ4v) is 13.6. The second kappa shape index (κ2) is 85.6. The summed E-state index contributed by atoms with van der Waals surface area (Å²) in [5, 5.41) is 0. The molecule has 0 aliphatic heterocycles. The van der Waals surface area contributed by atoms with Gasteiger partial charge in [-0.15, -0.1) is 0 Å². The fourth-order valence-electron chi connectivity index (χ4n) is 12.8. The summed E-state index contributed by atoms with van der Waals surface area (Å²) in [5.41, 5.74) is 5.42. The van der Waals surface area contributed by atoms with Crippen molar-refractivity contribution in [3.8, 4) is 0 Å². The Kier molecular flexibility index (Phi) is 82.8. The van der Waals surface area contributed by atoms with Gasteiger partial charge in [-0.05, 0) is 96.3 Å². The number of phosphoric ester groups is 1. The lowest BCUT2D eigenvalue weighted by Gasteiger charge is -2.19. The second-order valence-electron chi connectivity index (χ2n) is 29.0. The molecule has 586 valence electrons. The molecule has 0 bridgehead atoms. The van der Waals surface area contributed by atoms with Crippen molar-refractivity contribution < 1.29 is 37.6 Å². The summed E-state index contributed by atoms with van der Waals surface area (Å²) in [6, 6.07) is 0. The molecule has 0 aromatic carbocycles. The van der Waals surface area contributed by atoms with Gasteiger partial charge in [-0.1, -0.05) is 425 Å². The van der Waals surface area contributed by atoms with Gasteiger partial charge in [-0.3, -0.25) is 18.6 Å². The monoisotopic (exact) mass is 1430 g/mol. The highest BCUT2D eigenvalue weighted by Crippen LogP contribution is 2.43. The number of hydrogen-bond donors (Lipinski definition) is 2. The third-order valence-corrected chi connectivity index (χ3v) is 20.1. The Morgan fingerprint density at radius 1 is 0.297 bits per heavy atom. The minimum Gasteiger partial charge on any atom is -0.462 e. The van der Waals surface area contributed by atoms with Crippen molar-refractivity contribution in [3.63, 3.8) is 0 Å². The third kappa shape index (κ3) is 85.5. The maximum Gasteiger partial charge on any atom is 0.472 e. The molecule has 3 N–H and O–H groups in total. The highest BCUT2D eigenvalue weighted by molar-refractivity contribution is 7.47. The minimum absolute atomic E-state index is 0.0542. The number of ether oxygens (including phenoxy) is 2. The van der Waals surface area contributed by atoms with E-state index >= 15 is 0 Å². The first kappa shape index (κ1) is 97.7. The van der Waals surface area contributed by atoms with Crippen LogP contribution in [0, 0.1) is 0 Å². The molecule has 0 heterocycles. The van der Waals surface area contributed by atoms with Gasteiger partial charge in [0.05, 0.1) is 13.2 Å². The summed E-state index contributed by atoms with van der Waals surface area (Å²) in [7, 11) is -4.40. The van der Waals surface area contributed by atoms with E-state index in [0.29, 0.717) is 6.42 Å². The van der Waals surface area contributed by atoms with Crippen LogP contribution in [0.1, 0.15) is 425 Å². The number of rotatable bonds is 82. The average Bonchev–Trinajstić information content (AvgIpc) is 1.01. The van der Waals surface area contributed by atoms with Gasteiger partial charge in [0, 0.05) is 19.4 Å². The lowest BCUT2D eigenvalue weighted by molar-refractivity contribution is -0.161. The van der Waals surface area contributed by atoms with Crippen LogP contribution in [-0.4, -0.2) is 49.3 Å². The lowest BCUT2D eigenvalue weighted by Crippen LogP contribution is -2.29. The summed E-state index contributed by atoms with van der Waals surface area (Å²) in [6.45, 7) is 3.58. The van der Waals surface area contributed by atoms with Crippen LogP contribution in [-0.2, 0) is 32.7 Å². The summed E-state index contributed by atoms with van der Waals surface area (Å²) in [6.07, 6.45) is 120. The summed E-state index contributed by atoms with van der Waals surface area (Å²) >= 11 is 0. The maximum absolute atomic E-state index is 12.8. The van der Waals surface area contributed by atoms with Gasteiger partial charge in [-0.25, -0.2) is 4.57 Å². The number of carbonyl (C=O) groups excluding carboxylic acids is 2. The molecule has 10 heteroatoms. The number of phosphoric acid groups is 1. The Labute approximate surface area is 626 Å². The molecule has 2 atom stereocenters. The van der Waals surface area contributed by atoms with E-state index in [4.69, 9.17) is 24.3 Å². The lowest BCUT2D eigenvalue weighted by atomic mass is 10.0. The first-order chi connectivity index (χ1) is 49.8. The highest BCUT2D eigenvalue weighted by Gasteiger charge is 2.26. The van der Waals surface area contributed by atoms with Crippen molar-refractivity contribution in [3.05, 3.63) is 109 Å². The van der Waals surface area contributed by atoms with Crippen LogP contribution in [0.3, 0.4) is 0 Å². The molecule has 0 aromatic rings. The minimum atomic E-state index is -4.40. The third-order valence-electron chi connectivity index (χ3n) is 19.2. The summed E-state index contributed by atoms with van der Waals surface area (Å²) in [5.74, 6) is -0.805. The van der Waals surface area contributed by atoms with Crippen molar-refractivity contribution >= 4 is 19.8 Å². The molecule has 0 saturated carbocycles. The molecular formula is C91H164NO8P. The Morgan fingerprint density at radius 2 is 0.515 bits per heavy atom. The molecule has 0 fully saturated rings. The highest BCUT2D eigenvalue weighted by atomic mass is 31.2. The molecule has 0 rings (SSSR count). The molecule has 0 radical (unpaired) electrons.